The lowest BCUT2D eigenvalue weighted by Crippen LogP contribution is -2.11. The van der Waals surface area contributed by atoms with Crippen molar-refractivity contribution in [3.63, 3.8) is 0 Å². The van der Waals surface area contributed by atoms with Crippen molar-refractivity contribution >= 4 is 23.4 Å². The van der Waals surface area contributed by atoms with E-state index in [1.165, 1.54) is 6.08 Å². The molecule has 0 aliphatic carbocycles. The zero-order valence-electron chi connectivity index (χ0n) is 8.61. The average molecular weight is 239 g/mol. The molecule has 0 heterocycles. The quantitative estimate of drug-likeness (QED) is 0.343. The van der Waals surface area contributed by atoms with Crippen molar-refractivity contribution in [3.05, 3.63) is 47.5 Å². The molecule has 84 valence electrons. The van der Waals surface area contributed by atoms with E-state index < -0.39 is 5.97 Å². The molecule has 0 aromatic heterocycles. The summed E-state index contributed by atoms with van der Waals surface area (Å²) in [7, 11) is 0. The van der Waals surface area contributed by atoms with Crippen molar-refractivity contribution < 1.29 is 14.3 Å². The van der Waals surface area contributed by atoms with Crippen LogP contribution in [0.3, 0.4) is 0 Å². The van der Waals surface area contributed by atoms with Gasteiger partial charge in [0.2, 0.25) is 0 Å². The van der Waals surface area contributed by atoms with E-state index >= 15 is 0 Å². The molecular formula is C12H11ClO3. The Morgan fingerprint density at radius 3 is 2.50 bits per heavy atom. The molecule has 0 aliphatic rings. The monoisotopic (exact) mass is 238 g/mol. The van der Waals surface area contributed by atoms with Gasteiger partial charge in [-0.1, -0.05) is 24.3 Å². The Labute approximate surface area is 98.7 Å². The first-order valence-corrected chi connectivity index (χ1v) is 5.06. The second-order valence-corrected chi connectivity index (χ2v) is 3.51. The number of Topliss-reactive ketones (excluding diaryl/α,β-unsaturated/α-hetero) is 1. The Kier molecular flexibility index (Phi) is 4.73. The zero-order chi connectivity index (χ0) is 12.0. The molecule has 1 aromatic rings. The van der Waals surface area contributed by atoms with Gasteiger partial charge >= 0.3 is 5.97 Å². The van der Waals surface area contributed by atoms with Crippen molar-refractivity contribution in [2.45, 2.75) is 6.42 Å². The van der Waals surface area contributed by atoms with Gasteiger partial charge in [0.05, 0.1) is 0 Å². The minimum Gasteiger partial charge on any atom is -0.461 e. The van der Waals surface area contributed by atoms with Gasteiger partial charge in [-0.05, 0) is 24.3 Å². The highest BCUT2D eigenvalue weighted by Crippen LogP contribution is 2.11. The molecule has 0 amide bonds. The van der Waals surface area contributed by atoms with Gasteiger partial charge in [-0.2, -0.15) is 0 Å². The molecule has 0 atom stereocenters. The predicted molar refractivity (Wildman–Crippen MR) is 61.6 cm³/mol. The highest BCUT2D eigenvalue weighted by molar-refractivity contribution is 6.30. The number of hydrogen-bond donors (Lipinski definition) is 0. The Hall–Kier alpha value is -1.61. The number of hydrogen-bond acceptors (Lipinski definition) is 3. The van der Waals surface area contributed by atoms with Crippen LogP contribution in [0.15, 0.2) is 36.9 Å². The molecule has 0 radical (unpaired) electrons. The smallest absolute Gasteiger partial charge is 0.314 e. The fraction of sp³-hybridized carbons (Fsp3) is 0.167. The van der Waals surface area contributed by atoms with Crippen molar-refractivity contribution in [1.82, 2.24) is 0 Å². The summed E-state index contributed by atoms with van der Waals surface area (Å²) in [4.78, 5) is 22.7. The maximum absolute atomic E-state index is 11.6. The van der Waals surface area contributed by atoms with Crippen LogP contribution in [0.2, 0.25) is 5.02 Å². The molecule has 0 saturated carbocycles. The fourth-order valence-corrected chi connectivity index (χ4v) is 1.20. The van der Waals surface area contributed by atoms with Gasteiger partial charge < -0.3 is 4.74 Å². The number of ether oxygens (including phenoxy) is 1. The molecule has 1 rings (SSSR count). The molecule has 1 aromatic carbocycles. The molecule has 0 fully saturated rings. The number of esters is 1. The molecule has 0 unspecified atom stereocenters. The average Bonchev–Trinajstić information content (AvgIpc) is 2.27. The number of halogens is 1. The SMILES string of the molecule is C=CCOC(=O)CC(=O)c1ccc(Cl)cc1. The second-order valence-electron chi connectivity index (χ2n) is 3.08. The van der Waals surface area contributed by atoms with Crippen molar-refractivity contribution in [2.24, 2.45) is 0 Å². The number of rotatable bonds is 5. The number of carbonyl (C=O) groups is 2. The molecule has 0 N–H and O–H groups in total. The summed E-state index contributed by atoms with van der Waals surface area (Å²) < 4.78 is 4.70. The van der Waals surface area contributed by atoms with Gasteiger partial charge in [0, 0.05) is 10.6 Å². The van der Waals surface area contributed by atoms with Crippen molar-refractivity contribution in [3.8, 4) is 0 Å². The van der Waals surface area contributed by atoms with Crippen LogP contribution >= 0.6 is 11.6 Å². The summed E-state index contributed by atoms with van der Waals surface area (Å²) in [6, 6.07) is 6.35. The highest BCUT2D eigenvalue weighted by atomic mass is 35.5. The van der Waals surface area contributed by atoms with Gasteiger partial charge in [0.25, 0.3) is 0 Å². The molecule has 3 nitrogen and oxygen atoms in total. The van der Waals surface area contributed by atoms with E-state index in [2.05, 4.69) is 6.58 Å². The van der Waals surface area contributed by atoms with E-state index in [0.717, 1.165) is 0 Å². The van der Waals surface area contributed by atoms with Crippen LogP contribution in [0.25, 0.3) is 0 Å². The Morgan fingerprint density at radius 2 is 1.94 bits per heavy atom. The summed E-state index contributed by atoms with van der Waals surface area (Å²) >= 11 is 5.68. The summed E-state index contributed by atoms with van der Waals surface area (Å²) in [6.07, 6.45) is 1.18. The van der Waals surface area contributed by atoms with E-state index in [-0.39, 0.29) is 18.8 Å². The minimum absolute atomic E-state index is 0.118. The molecule has 16 heavy (non-hydrogen) atoms. The van der Waals surface area contributed by atoms with Gasteiger partial charge in [0.1, 0.15) is 13.0 Å². The van der Waals surface area contributed by atoms with Crippen LogP contribution in [0.4, 0.5) is 0 Å². The van der Waals surface area contributed by atoms with Crippen LogP contribution < -0.4 is 0 Å². The lowest BCUT2D eigenvalue weighted by molar-refractivity contribution is -0.141. The van der Waals surface area contributed by atoms with E-state index in [1.807, 2.05) is 0 Å². The van der Waals surface area contributed by atoms with Gasteiger partial charge in [0.15, 0.2) is 5.78 Å². The Morgan fingerprint density at radius 1 is 1.31 bits per heavy atom. The molecule has 4 heteroatoms. The predicted octanol–water partition coefficient (Wildman–Crippen LogP) is 2.64. The number of benzene rings is 1. The topological polar surface area (TPSA) is 43.4 Å². The summed E-state index contributed by atoms with van der Waals surface area (Å²) in [5.74, 6) is -0.842. The van der Waals surface area contributed by atoms with Gasteiger partial charge in [-0.3, -0.25) is 9.59 Å². The molecule has 0 saturated heterocycles. The highest BCUT2D eigenvalue weighted by Gasteiger charge is 2.12. The zero-order valence-corrected chi connectivity index (χ0v) is 9.37. The first kappa shape index (κ1) is 12.5. The largest absolute Gasteiger partial charge is 0.461 e. The van der Waals surface area contributed by atoms with Crippen LogP contribution in [0.5, 0.6) is 0 Å². The Bertz CT molecular complexity index is 395. The summed E-state index contributed by atoms with van der Waals surface area (Å²) in [6.45, 7) is 3.52. The van der Waals surface area contributed by atoms with Crippen LogP contribution in [-0.2, 0) is 9.53 Å². The van der Waals surface area contributed by atoms with Crippen molar-refractivity contribution in [1.29, 1.82) is 0 Å². The van der Waals surface area contributed by atoms with E-state index in [1.54, 1.807) is 24.3 Å². The van der Waals surface area contributed by atoms with E-state index in [4.69, 9.17) is 16.3 Å². The maximum atomic E-state index is 11.6. The number of ketones is 1. The fourth-order valence-electron chi connectivity index (χ4n) is 1.07. The summed E-state index contributed by atoms with van der Waals surface area (Å²) in [5, 5.41) is 0.547. The minimum atomic E-state index is -0.556. The van der Waals surface area contributed by atoms with Crippen LogP contribution in [0.1, 0.15) is 16.8 Å². The molecule has 0 spiro atoms. The lowest BCUT2D eigenvalue weighted by Gasteiger charge is -2.01. The molecule has 0 bridgehead atoms. The summed E-state index contributed by atoms with van der Waals surface area (Å²) in [5.41, 5.74) is 0.444. The maximum Gasteiger partial charge on any atom is 0.314 e. The first-order chi connectivity index (χ1) is 7.63. The third-order valence-corrected chi connectivity index (χ3v) is 2.09. The third kappa shape index (κ3) is 3.87. The molecular weight excluding hydrogens is 228 g/mol. The van der Waals surface area contributed by atoms with Crippen molar-refractivity contribution in [2.75, 3.05) is 6.61 Å². The van der Waals surface area contributed by atoms with E-state index in [0.29, 0.717) is 10.6 Å². The number of carbonyl (C=O) groups excluding carboxylic acids is 2. The van der Waals surface area contributed by atoms with Crippen LogP contribution in [0, 0.1) is 0 Å². The van der Waals surface area contributed by atoms with Gasteiger partial charge in [-0.15, -0.1) is 0 Å². The van der Waals surface area contributed by atoms with Crippen LogP contribution in [-0.4, -0.2) is 18.4 Å². The third-order valence-electron chi connectivity index (χ3n) is 1.83. The standard InChI is InChI=1S/C12H11ClO3/c1-2-7-16-12(15)8-11(14)9-3-5-10(13)6-4-9/h2-6H,1,7-8H2. The van der Waals surface area contributed by atoms with Gasteiger partial charge in [-0.25, -0.2) is 0 Å². The normalized spacial score (nSPS) is 9.56. The Balaban J connectivity index is 2.55. The second kappa shape index (κ2) is 6.08. The lowest BCUT2D eigenvalue weighted by atomic mass is 10.1. The first-order valence-electron chi connectivity index (χ1n) is 4.69. The van der Waals surface area contributed by atoms with E-state index in [9.17, 15) is 9.59 Å². The molecule has 0 aliphatic heterocycles.